The van der Waals surface area contributed by atoms with Crippen LogP contribution in [0.15, 0.2) is 162 Å². The molecule has 80 heavy (non-hydrogen) atoms. The number of para-hydroxylation sites is 2. The maximum absolute atomic E-state index is 15.3. The molecule has 0 bridgehead atoms. The number of ether oxygens (including phenoxy) is 3. The first-order valence-electron chi connectivity index (χ1n) is 23.8. The van der Waals surface area contributed by atoms with Gasteiger partial charge in [-0.2, -0.15) is 26.3 Å². The van der Waals surface area contributed by atoms with Crippen LogP contribution in [0.1, 0.15) is 65.1 Å². The van der Waals surface area contributed by atoms with Crippen molar-refractivity contribution in [3.05, 3.63) is 191 Å². The highest BCUT2D eigenvalue weighted by molar-refractivity contribution is 6.38. The number of carbonyl (C=O) groups is 7. The molecule has 3 amide bonds. The van der Waals surface area contributed by atoms with Gasteiger partial charge in [0.1, 0.15) is 41.2 Å². The summed E-state index contributed by atoms with van der Waals surface area (Å²) < 4.78 is 117. The number of Topliss-reactive ketones (excluding diaryl/α,β-unsaturated/α-hetero) is 2. The van der Waals surface area contributed by atoms with E-state index >= 15 is 4.39 Å². The van der Waals surface area contributed by atoms with Crippen LogP contribution in [0.4, 0.5) is 46.5 Å². The molecule has 0 saturated heterocycles. The summed E-state index contributed by atoms with van der Waals surface area (Å²) in [7, 11) is 0. The van der Waals surface area contributed by atoms with Crippen molar-refractivity contribution in [2.45, 2.75) is 45.6 Å². The Kier molecular flexibility index (Phi) is 21.7. The third kappa shape index (κ3) is 18.4. The van der Waals surface area contributed by atoms with Crippen molar-refractivity contribution >= 4 is 58.6 Å². The number of nitrogens with two attached hydrogens (primary N) is 1. The Hall–Kier alpha value is -9.38. The van der Waals surface area contributed by atoms with E-state index in [0.717, 1.165) is 6.07 Å². The minimum absolute atomic E-state index is 0.00608. The fourth-order valence-electron chi connectivity index (χ4n) is 7.49. The number of esters is 1. The van der Waals surface area contributed by atoms with E-state index in [1.54, 1.807) is 85.8 Å². The fourth-order valence-corrected chi connectivity index (χ4v) is 7.49. The Morgan fingerprint density at radius 3 is 1.75 bits per heavy atom. The van der Waals surface area contributed by atoms with Gasteiger partial charge in [-0.3, -0.25) is 33.8 Å². The highest BCUT2D eigenvalue weighted by atomic mass is 19.4. The summed E-state index contributed by atoms with van der Waals surface area (Å²) in [5, 5.41) is 5.18. The van der Waals surface area contributed by atoms with Crippen molar-refractivity contribution in [3.63, 3.8) is 0 Å². The van der Waals surface area contributed by atoms with E-state index in [1.807, 2.05) is 18.2 Å². The van der Waals surface area contributed by atoms with E-state index in [-0.39, 0.29) is 64.3 Å². The number of nitrogens with one attached hydrogen (secondary N) is 2. The molecule has 0 aliphatic carbocycles. The van der Waals surface area contributed by atoms with Gasteiger partial charge in [-0.25, -0.2) is 13.6 Å². The van der Waals surface area contributed by atoms with Gasteiger partial charge in [0.25, 0.3) is 5.91 Å². The summed E-state index contributed by atoms with van der Waals surface area (Å²) in [5.74, 6) is -3.43. The molecule has 0 radical (unpaired) electrons. The predicted molar refractivity (Wildman–Crippen MR) is 277 cm³/mol. The number of alkyl halides is 6. The molecule has 2 heterocycles. The number of carbonyl (C=O) groups excluding carboxylic acids is 7. The van der Waals surface area contributed by atoms with Crippen LogP contribution in [-0.2, 0) is 28.7 Å². The molecule has 8 rings (SSSR count). The van der Waals surface area contributed by atoms with Crippen LogP contribution in [-0.4, -0.2) is 90.7 Å². The molecule has 418 valence electrons. The lowest BCUT2D eigenvalue weighted by atomic mass is 9.91. The van der Waals surface area contributed by atoms with Crippen molar-refractivity contribution < 1.29 is 82.9 Å². The maximum Gasteiger partial charge on any atom is 0.406 e. The highest BCUT2D eigenvalue weighted by Crippen LogP contribution is 2.46. The van der Waals surface area contributed by atoms with Gasteiger partial charge in [-0.05, 0) is 91.9 Å². The Labute approximate surface area is 452 Å². The van der Waals surface area contributed by atoms with Crippen LogP contribution in [0.25, 0.3) is 0 Å². The molecule has 0 spiro atoms. The summed E-state index contributed by atoms with van der Waals surface area (Å²) in [6, 6.07) is 36.9. The SMILES string of the molecule is CC(=O)Nc1cccc(C2=NCC3=C2C(c2cc(Oc4ccccc4)ccc2F)N(CC(F)(F)F)C3=O)c1.CCOC(=O)C(=O)CC(=O)c1cccc(NC(C)=O)c1.NCC(F)(F)F.O=Cc1cc(Oc2ccccc2)ccc1F. The molecule has 23 heteroatoms. The van der Waals surface area contributed by atoms with Crippen molar-refractivity contribution in [1.29, 1.82) is 0 Å². The fraction of sp³-hybridized carbons (Fsp3) is 0.193. The summed E-state index contributed by atoms with van der Waals surface area (Å²) in [5.41, 5.74) is 6.20. The Morgan fingerprint density at radius 2 is 1.23 bits per heavy atom. The first kappa shape index (κ1) is 61.5. The van der Waals surface area contributed by atoms with Gasteiger partial charge in [0.05, 0.1) is 43.4 Å². The molecule has 15 nitrogen and oxygen atoms in total. The maximum atomic E-state index is 15.3. The third-order valence-corrected chi connectivity index (χ3v) is 10.8. The van der Waals surface area contributed by atoms with Crippen molar-refractivity contribution in [2.24, 2.45) is 10.7 Å². The molecular weight excluding hydrogens is 1070 g/mol. The van der Waals surface area contributed by atoms with Gasteiger partial charge in [-0.1, -0.05) is 60.7 Å². The molecule has 6 aromatic rings. The zero-order chi connectivity index (χ0) is 58.7. The molecule has 0 fully saturated rings. The van der Waals surface area contributed by atoms with Gasteiger partial charge in [-0.15, -0.1) is 0 Å². The normalized spacial score (nSPS) is 13.3. The number of hydrogen-bond acceptors (Lipinski definition) is 12. The second kappa shape index (κ2) is 28.3. The molecule has 4 N–H and O–H groups in total. The molecule has 0 aromatic heterocycles. The number of aldehydes is 1. The van der Waals surface area contributed by atoms with Gasteiger partial charge in [0, 0.05) is 53.1 Å². The Morgan fingerprint density at radius 1 is 0.688 bits per heavy atom. The summed E-state index contributed by atoms with van der Waals surface area (Å²) in [6.07, 6.45) is -8.99. The van der Waals surface area contributed by atoms with E-state index in [1.165, 1.54) is 56.3 Å². The lowest BCUT2D eigenvalue weighted by Gasteiger charge is -2.29. The minimum Gasteiger partial charge on any atom is -0.460 e. The Bertz CT molecular complexity index is 3280. The van der Waals surface area contributed by atoms with Crippen molar-refractivity contribution in [1.82, 2.24) is 4.90 Å². The standard InChI is InChI=1S/C28H21F4N3O3.C14H15NO5.C13H9FO2.C2H4F3N/c1-16(36)34-18-7-5-6-17(12-18)25-24-22(14-33-25)27(37)35(15-28(30,31)32)26(24)21-13-20(10-11-23(21)29)38-19-8-3-2-4-9-19;1-3-20-14(19)13(18)8-12(17)10-5-4-6-11(7-10)15-9(2)16;14-13-7-6-12(8-10(13)9-15)16-11-4-2-1-3-5-11;3-2(4,5)1-6/h2-13,26H,14-15H2,1H3,(H,34,36);4-7H,3,8H2,1-2H3,(H,15,16);1-9H;1,6H2. The van der Waals surface area contributed by atoms with E-state index in [0.29, 0.717) is 45.4 Å². The van der Waals surface area contributed by atoms with E-state index < -0.39 is 73.0 Å². The topological polar surface area (TPSA) is 213 Å². The van der Waals surface area contributed by atoms with Crippen LogP contribution in [0.3, 0.4) is 0 Å². The first-order valence-corrected chi connectivity index (χ1v) is 23.8. The second-order valence-electron chi connectivity index (χ2n) is 16.9. The molecule has 2 aliphatic heterocycles. The van der Waals surface area contributed by atoms with Crippen molar-refractivity contribution in [2.75, 3.05) is 36.9 Å². The molecule has 2 aliphatic rings. The number of amides is 3. The molecular formula is C57H49F8N5O10. The summed E-state index contributed by atoms with van der Waals surface area (Å²) in [6.45, 7) is 1.41. The second-order valence-corrected chi connectivity index (χ2v) is 16.9. The van der Waals surface area contributed by atoms with Crippen LogP contribution >= 0.6 is 0 Å². The van der Waals surface area contributed by atoms with Gasteiger partial charge < -0.3 is 35.5 Å². The van der Waals surface area contributed by atoms with Crippen LogP contribution in [0, 0.1) is 11.6 Å². The van der Waals surface area contributed by atoms with Gasteiger partial charge in [0.15, 0.2) is 12.1 Å². The zero-order valence-electron chi connectivity index (χ0n) is 42.6. The van der Waals surface area contributed by atoms with E-state index in [4.69, 9.17) is 9.47 Å². The van der Waals surface area contributed by atoms with E-state index in [2.05, 4.69) is 26.1 Å². The molecule has 6 aromatic carbocycles. The van der Waals surface area contributed by atoms with Gasteiger partial charge in [0.2, 0.25) is 17.6 Å². The summed E-state index contributed by atoms with van der Waals surface area (Å²) >= 11 is 0. The minimum atomic E-state index is -4.72. The third-order valence-electron chi connectivity index (χ3n) is 10.8. The lowest BCUT2D eigenvalue weighted by Crippen LogP contribution is -2.39. The first-order chi connectivity index (χ1) is 37.9. The smallest absolute Gasteiger partial charge is 0.406 e. The summed E-state index contributed by atoms with van der Waals surface area (Å²) in [4.78, 5) is 85.7. The monoisotopic (exact) mass is 1120 g/mol. The number of hydrogen-bond donors (Lipinski definition) is 3. The molecule has 1 unspecified atom stereocenters. The average molecular weight is 1120 g/mol. The Balaban J connectivity index is 0.000000233. The number of nitrogens with zero attached hydrogens (tertiary/aromatic N) is 2. The number of benzene rings is 6. The highest BCUT2D eigenvalue weighted by Gasteiger charge is 2.49. The number of aliphatic imine (C=N–C) groups is 1. The van der Waals surface area contributed by atoms with Crippen molar-refractivity contribution in [3.8, 4) is 23.0 Å². The average Bonchev–Trinajstić information content (AvgIpc) is 4.20. The predicted octanol–water partition coefficient (Wildman–Crippen LogP) is 11.1. The van der Waals surface area contributed by atoms with Crippen LogP contribution in [0.5, 0.6) is 23.0 Å². The molecule has 1 atom stereocenters. The van der Waals surface area contributed by atoms with E-state index in [9.17, 15) is 64.3 Å². The number of rotatable bonds is 15. The van der Waals surface area contributed by atoms with Gasteiger partial charge >= 0.3 is 18.3 Å². The quantitative estimate of drug-likeness (QED) is 0.0220. The lowest BCUT2D eigenvalue weighted by molar-refractivity contribution is -0.160. The number of anilines is 2. The van der Waals surface area contributed by atoms with Crippen LogP contribution < -0.4 is 25.8 Å². The molecule has 0 saturated carbocycles. The zero-order valence-corrected chi connectivity index (χ0v) is 42.6. The van der Waals surface area contributed by atoms with Crippen LogP contribution in [0.2, 0.25) is 0 Å². The number of halogens is 8. The number of ketones is 2. The largest absolute Gasteiger partial charge is 0.460 e.